The number of aromatic nitrogens is 3. The Morgan fingerprint density at radius 2 is 1.31 bits per heavy atom. The lowest BCUT2D eigenvalue weighted by Crippen LogP contribution is -2.30. The monoisotopic (exact) mass is 487 g/mol. The predicted molar refractivity (Wildman–Crippen MR) is 144 cm³/mol. The van der Waals surface area contributed by atoms with Crippen LogP contribution >= 0.6 is 11.6 Å². The van der Waals surface area contributed by atoms with Crippen LogP contribution in [0.1, 0.15) is 16.7 Å². The highest BCUT2D eigenvalue weighted by atomic mass is 35.5. The molecular formula is C31H22ClN3O. The van der Waals surface area contributed by atoms with Crippen LogP contribution in [0.4, 0.5) is 0 Å². The smallest absolute Gasteiger partial charge is 0.145 e. The fourth-order valence-electron chi connectivity index (χ4n) is 4.80. The Morgan fingerprint density at radius 3 is 1.97 bits per heavy atom. The molecule has 0 saturated carbocycles. The van der Waals surface area contributed by atoms with Crippen molar-refractivity contribution in [2.24, 2.45) is 0 Å². The number of pyridine rings is 1. The first-order chi connectivity index (χ1) is 17.7. The van der Waals surface area contributed by atoms with Crippen molar-refractivity contribution in [3.8, 4) is 17.1 Å². The van der Waals surface area contributed by atoms with E-state index in [2.05, 4.69) is 9.55 Å². The van der Waals surface area contributed by atoms with Crippen LogP contribution < -0.4 is 0 Å². The first-order valence-corrected chi connectivity index (χ1v) is 12.1. The van der Waals surface area contributed by atoms with E-state index in [0.717, 1.165) is 39.2 Å². The van der Waals surface area contributed by atoms with E-state index in [4.69, 9.17) is 16.6 Å². The number of hydrogen-bond acceptors (Lipinski definition) is 3. The highest BCUT2D eigenvalue weighted by Crippen LogP contribution is 2.42. The fraction of sp³-hybridized carbons (Fsp3) is 0.0323. The van der Waals surface area contributed by atoms with E-state index in [1.54, 1.807) is 12.4 Å². The Bertz CT molecular complexity index is 1610. The number of halogens is 1. The fourth-order valence-corrected chi connectivity index (χ4v) is 4.96. The second-order valence-electron chi connectivity index (χ2n) is 8.60. The van der Waals surface area contributed by atoms with Crippen molar-refractivity contribution < 1.29 is 5.11 Å². The third kappa shape index (κ3) is 3.68. The van der Waals surface area contributed by atoms with Crippen LogP contribution in [0.15, 0.2) is 128 Å². The molecule has 0 atom stereocenters. The maximum absolute atomic E-state index is 12.6. The van der Waals surface area contributed by atoms with E-state index in [9.17, 15) is 5.11 Å². The molecule has 2 aromatic heterocycles. The molecule has 1 N–H and O–H groups in total. The standard InChI is InChI=1S/C31H22ClN3O/c32-25-15-16-26(31(36,23-9-3-1-4-10-23)24-11-5-2-6-12-24)29(21-25)35-28-14-8-7-13-27(28)34-30(35)22-17-19-33-20-18-22/h1-21,36H. The van der Waals surface area contributed by atoms with E-state index in [1.165, 1.54) is 0 Å². The molecule has 0 bridgehead atoms. The minimum Gasteiger partial charge on any atom is -0.376 e. The molecule has 0 unspecified atom stereocenters. The van der Waals surface area contributed by atoms with Crippen molar-refractivity contribution in [1.82, 2.24) is 14.5 Å². The molecule has 4 nitrogen and oxygen atoms in total. The minimum absolute atomic E-state index is 0.565. The lowest BCUT2D eigenvalue weighted by molar-refractivity contribution is 0.125. The summed E-state index contributed by atoms with van der Waals surface area (Å²) in [5, 5.41) is 13.2. The predicted octanol–water partition coefficient (Wildman–Crippen LogP) is 7.03. The average Bonchev–Trinajstić information content (AvgIpc) is 3.34. The maximum Gasteiger partial charge on any atom is 0.145 e. The molecule has 0 amide bonds. The molecule has 0 aliphatic rings. The van der Waals surface area contributed by atoms with Gasteiger partial charge < -0.3 is 5.11 Å². The quantitative estimate of drug-likeness (QED) is 0.266. The first kappa shape index (κ1) is 22.2. The number of hydrogen-bond donors (Lipinski definition) is 1. The summed E-state index contributed by atoms with van der Waals surface area (Å²) in [5.74, 6) is 0.741. The van der Waals surface area contributed by atoms with Crippen molar-refractivity contribution in [2.75, 3.05) is 0 Å². The molecular weight excluding hydrogens is 466 g/mol. The molecule has 2 heterocycles. The summed E-state index contributed by atoms with van der Waals surface area (Å²) in [5.41, 5.74) is 4.19. The zero-order chi connectivity index (χ0) is 24.5. The molecule has 174 valence electrons. The number of nitrogens with zero attached hydrogens (tertiary/aromatic N) is 3. The van der Waals surface area contributed by atoms with Gasteiger partial charge in [0.1, 0.15) is 11.4 Å². The van der Waals surface area contributed by atoms with Gasteiger partial charge in [-0.2, -0.15) is 0 Å². The molecule has 0 saturated heterocycles. The van der Waals surface area contributed by atoms with Gasteiger partial charge in [-0.3, -0.25) is 9.55 Å². The molecule has 0 spiro atoms. The minimum atomic E-state index is -1.44. The van der Waals surface area contributed by atoms with Crippen LogP contribution in [0.25, 0.3) is 28.1 Å². The van der Waals surface area contributed by atoms with Gasteiger partial charge in [-0.25, -0.2) is 4.98 Å². The Balaban J connectivity index is 1.72. The number of aliphatic hydroxyl groups is 1. The molecule has 0 fully saturated rings. The van der Waals surface area contributed by atoms with E-state index < -0.39 is 5.60 Å². The summed E-state index contributed by atoms with van der Waals surface area (Å²) in [6.45, 7) is 0. The Hall–Kier alpha value is -4.25. The third-order valence-corrected chi connectivity index (χ3v) is 6.71. The van der Waals surface area contributed by atoms with Crippen LogP contribution in [-0.2, 0) is 5.60 Å². The molecule has 0 aliphatic heterocycles. The van der Waals surface area contributed by atoms with E-state index >= 15 is 0 Å². The maximum atomic E-state index is 12.6. The Labute approximate surface area is 214 Å². The van der Waals surface area contributed by atoms with Gasteiger partial charge in [0.15, 0.2) is 0 Å². The zero-order valence-corrected chi connectivity index (χ0v) is 20.0. The topological polar surface area (TPSA) is 50.9 Å². The summed E-state index contributed by atoms with van der Waals surface area (Å²) in [6, 6.07) is 36.9. The lowest BCUT2D eigenvalue weighted by Gasteiger charge is -2.32. The van der Waals surface area contributed by atoms with Crippen molar-refractivity contribution in [1.29, 1.82) is 0 Å². The van der Waals surface area contributed by atoms with Crippen molar-refractivity contribution in [2.45, 2.75) is 5.60 Å². The summed E-state index contributed by atoms with van der Waals surface area (Å²) < 4.78 is 2.07. The van der Waals surface area contributed by atoms with Gasteiger partial charge in [0.25, 0.3) is 0 Å². The summed E-state index contributed by atoms with van der Waals surface area (Å²) in [6.07, 6.45) is 3.50. The van der Waals surface area contributed by atoms with Crippen molar-refractivity contribution in [3.63, 3.8) is 0 Å². The van der Waals surface area contributed by atoms with Crippen LogP contribution in [-0.4, -0.2) is 19.6 Å². The van der Waals surface area contributed by atoms with E-state index in [0.29, 0.717) is 10.6 Å². The first-order valence-electron chi connectivity index (χ1n) is 11.7. The summed E-state index contributed by atoms with van der Waals surface area (Å²) >= 11 is 6.60. The number of fused-ring (bicyclic) bond motifs is 1. The number of imidazole rings is 1. The van der Waals surface area contributed by atoms with Gasteiger partial charge in [0.2, 0.25) is 0 Å². The normalized spacial score (nSPS) is 11.6. The zero-order valence-electron chi connectivity index (χ0n) is 19.3. The van der Waals surface area contributed by atoms with Crippen LogP contribution in [0.3, 0.4) is 0 Å². The molecule has 6 rings (SSSR count). The molecule has 4 aromatic carbocycles. The number of para-hydroxylation sites is 2. The Kier molecular flexibility index (Phi) is 5.61. The van der Waals surface area contributed by atoms with Crippen molar-refractivity contribution in [3.05, 3.63) is 149 Å². The molecule has 0 radical (unpaired) electrons. The largest absolute Gasteiger partial charge is 0.376 e. The molecule has 0 aliphatic carbocycles. The number of benzene rings is 4. The second kappa shape index (κ2) is 9.08. The highest BCUT2D eigenvalue weighted by Gasteiger charge is 2.37. The van der Waals surface area contributed by atoms with Crippen molar-refractivity contribution >= 4 is 22.6 Å². The Morgan fingerprint density at radius 1 is 0.694 bits per heavy atom. The van der Waals surface area contributed by atoms with Gasteiger partial charge in [0.05, 0.1) is 16.7 Å². The van der Waals surface area contributed by atoms with Gasteiger partial charge >= 0.3 is 0 Å². The van der Waals surface area contributed by atoms with Gasteiger partial charge in [-0.05, 0) is 47.5 Å². The number of rotatable bonds is 5. The molecule has 5 heteroatoms. The van der Waals surface area contributed by atoms with Gasteiger partial charge in [0, 0.05) is 28.5 Å². The summed E-state index contributed by atoms with van der Waals surface area (Å²) in [4.78, 5) is 9.15. The van der Waals surface area contributed by atoms with E-state index in [-0.39, 0.29) is 0 Å². The van der Waals surface area contributed by atoms with Crippen LogP contribution in [0, 0.1) is 0 Å². The van der Waals surface area contributed by atoms with Crippen LogP contribution in [0.5, 0.6) is 0 Å². The van der Waals surface area contributed by atoms with Crippen LogP contribution in [0.2, 0.25) is 5.02 Å². The summed E-state index contributed by atoms with van der Waals surface area (Å²) in [7, 11) is 0. The second-order valence-corrected chi connectivity index (χ2v) is 9.04. The van der Waals surface area contributed by atoms with E-state index in [1.807, 2.05) is 115 Å². The highest BCUT2D eigenvalue weighted by molar-refractivity contribution is 6.30. The lowest BCUT2D eigenvalue weighted by atomic mass is 9.79. The molecule has 6 aromatic rings. The molecule has 36 heavy (non-hydrogen) atoms. The van der Waals surface area contributed by atoms with Gasteiger partial charge in [-0.1, -0.05) is 90.5 Å². The van der Waals surface area contributed by atoms with Gasteiger partial charge in [-0.15, -0.1) is 0 Å². The third-order valence-electron chi connectivity index (χ3n) is 6.47. The SMILES string of the molecule is OC(c1ccccc1)(c1ccccc1)c1ccc(Cl)cc1-n1c(-c2ccncc2)nc2ccccc21. The average molecular weight is 488 g/mol.